The number of hydrogen-bond acceptors (Lipinski definition) is 4. The molecule has 0 unspecified atom stereocenters. The van der Waals surface area contributed by atoms with Crippen molar-refractivity contribution in [2.75, 3.05) is 18.0 Å². The number of nitrogens with zero attached hydrogens (tertiary/aromatic N) is 2. The Morgan fingerprint density at radius 1 is 1.53 bits per heavy atom. The number of benzene rings is 1. The van der Waals surface area contributed by atoms with Crippen LogP contribution in [0.5, 0.6) is 0 Å². The Hall–Kier alpha value is -1.75. The Kier molecular flexibility index (Phi) is 2.22. The molecule has 0 spiro atoms. The normalized spacial score (nSPS) is 16.2. The molecule has 17 heavy (non-hydrogen) atoms. The molecular weight excluding hydrogens is 244 g/mol. The second kappa shape index (κ2) is 3.63. The molecule has 6 heteroatoms. The van der Waals surface area contributed by atoms with Crippen molar-refractivity contribution >= 4 is 34.4 Å². The summed E-state index contributed by atoms with van der Waals surface area (Å²) in [4.78, 5) is 12.6. The Labute approximate surface area is 102 Å². The molecule has 5 nitrogen and oxygen atoms in total. The second-order valence-electron chi connectivity index (χ2n) is 4.09. The van der Waals surface area contributed by atoms with E-state index < -0.39 is 5.97 Å². The molecule has 2 aromatic rings. The molecule has 0 aliphatic carbocycles. The quantitative estimate of drug-likeness (QED) is 0.886. The highest BCUT2D eigenvalue weighted by Crippen LogP contribution is 2.32. The number of carboxylic acids is 1. The first-order chi connectivity index (χ1) is 8.15. The van der Waals surface area contributed by atoms with Crippen molar-refractivity contribution in [3.63, 3.8) is 0 Å². The standard InChI is InChI=1S/C11H9ClN2O3/c12-7-1-2-9-8(3-7)10(13-17-9)14-4-6(5-14)11(15)16/h1-3,6H,4-5H2,(H,15,16). The van der Waals surface area contributed by atoms with E-state index in [1.807, 2.05) is 4.90 Å². The maximum atomic E-state index is 10.7. The maximum Gasteiger partial charge on any atom is 0.310 e. The van der Waals surface area contributed by atoms with Crippen LogP contribution >= 0.6 is 11.6 Å². The van der Waals surface area contributed by atoms with Gasteiger partial charge >= 0.3 is 5.97 Å². The molecule has 0 amide bonds. The van der Waals surface area contributed by atoms with Gasteiger partial charge in [-0.25, -0.2) is 0 Å². The van der Waals surface area contributed by atoms with Gasteiger partial charge in [0.25, 0.3) is 0 Å². The Balaban J connectivity index is 1.92. The number of carboxylic acid groups (broad SMARTS) is 1. The minimum absolute atomic E-state index is 0.319. The molecular formula is C11H9ClN2O3. The third-order valence-electron chi connectivity index (χ3n) is 2.94. The molecule has 0 bridgehead atoms. The van der Waals surface area contributed by atoms with Crippen molar-refractivity contribution < 1.29 is 14.4 Å². The summed E-state index contributed by atoms with van der Waals surface area (Å²) in [6.07, 6.45) is 0. The number of carbonyl (C=O) groups is 1. The summed E-state index contributed by atoms with van der Waals surface area (Å²) in [5.74, 6) is -0.423. The number of rotatable bonds is 2. The minimum Gasteiger partial charge on any atom is -0.481 e. The SMILES string of the molecule is O=C(O)C1CN(c2noc3ccc(Cl)cc23)C1. The average molecular weight is 253 g/mol. The van der Waals surface area contributed by atoms with E-state index in [0.29, 0.717) is 29.5 Å². The number of fused-ring (bicyclic) bond motifs is 1. The second-order valence-corrected chi connectivity index (χ2v) is 4.52. The fourth-order valence-corrected chi connectivity index (χ4v) is 2.11. The van der Waals surface area contributed by atoms with Gasteiger partial charge in [0.2, 0.25) is 0 Å². The lowest BCUT2D eigenvalue weighted by atomic mass is 10.0. The van der Waals surface area contributed by atoms with Crippen LogP contribution in [-0.2, 0) is 4.79 Å². The summed E-state index contributed by atoms with van der Waals surface area (Å²) in [7, 11) is 0. The van der Waals surface area contributed by atoms with Crippen molar-refractivity contribution in [1.29, 1.82) is 0 Å². The zero-order valence-electron chi connectivity index (χ0n) is 8.76. The molecule has 1 saturated heterocycles. The lowest BCUT2D eigenvalue weighted by Crippen LogP contribution is -2.50. The van der Waals surface area contributed by atoms with Crippen LogP contribution < -0.4 is 4.90 Å². The van der Waals surface area contributed by atoms with Gasteiger partial charge in [-0.1, -0.05) is 16.8 Å². The Morgan fingerprint density at radius 3 is 3.00 bits per heavy atom. The number of hydrogen-bond donors (Lipinski definition) is 1. The summed E-state index contributed by atoms with van der Waals surface area (Å²) in [6, 6.07) is 5.26. The molecule has 1 aromatic carbocycles. The van der Waals surface area contributed by atoms with E-state index in [1.165, 1.54) is 0 Å². The summed E-state index contributed by atoms with van der Waals surface area (Å²) in [5, 5.41) is 14.2. The van der Waals surface area contributed by atoms with Crippen LogP contribution in [0.25, 0.3) is 11.0 Å². The molecule has 1 aromatic heterocycles. The van der Waals surface area contributed by atoms with Gasteiger partial charge in [-0.3, -0.25) is 4.79 Å². The highest BCUT2D eigenvalue weighted by Gasteiger charge is 2.35. The summed E-state index contributed by atoms with van der Waals surface area (Å²) in [6.45, 7) is 0.924. The van der Waals surface area contributed by atoms with Crippen LogP contribution in [0, 0.1) is 5.92 Å². The van der Waals surface area contributed by atoms with Crippen molar-refractivity contribution in [2.24, 2.45) is 5.92 Å². The maximum absolute atomic E-state index is 10.7. The molecule has 0 saturated carbocycles. The van der Waals surface area contributed by atoms with E-state index in [2.05, 4.69) is 5.16 Å². The molecule has 88 valence electrons. The largest absolute Gasteiger partial charge is 0.481 e. The fraction of sp³-hybridized carbons (Fsp3) is 0.273. The van der Waals surface area contributed by atoms with E-state index in [0.717, 1.165) is 5.39 Å². The number of halogens is 1. The van der Waals surface area contributed by atoms with Gasteiger partial charge in [0.15, 0.2) is 11.4 Å². The van der Waals surface area contributed by atoms with Gasteiger partial charge < -0.3 is 14.5 Å². The van der Waals surface area contributed by atoms with Crippen LogP contribution in [-0.4, -0.2) is 29.3 Å². The third kappa shape index (κ3) is 1.63. The lowest BCUT2D eigenvalue weighted by molar-refractivity contribution is -0.142. The highest BCUT2D eigenvalue weighted by molar-refractivity contribution is 6.31. The predicted octanol–water partition coefficient (Wildman–Crippen LogP) is 2.00. The van der Waals surface area contributed by atoms with Gasteiger partial charge in [-0.05, 0) is 18.2 Å². The van der Waals surface area contributed by atoms with Crippen molar-refractivity contribution in [2.45, 2.75) is 0 Å². The summed E-state index contributed by atoms with van der Waals surface area (Å²) < 4.78 is 5.16. The van der Waals surface area contributed by atoms with E-state index in [4.69, 9.17) is 21.2 Å². The summed E-state index contributed by atoms with van der Waals surface area (Å²) in [5.41, 5.74) is 0.656. The van der Waals surface area contributed by atoms with Gasteiger partial charge in [0.05, 0.1) is 11.3 Å². The first-order valence-corrected chi connectivity index (χ1v) is 5.55. The van der Waals surface area contributed by atoms with Gasteiger partial charge in [0.1, 0.15) is 0 Å². The molecule has 3 rings (SSSR count). The minimum atomic E-state index is -0.771. The lowest BCUT2D eigenvalue weighted by Gasteiger charge is -2.36. The van der Waals surface area contributed by atoms with Crippen LogP contribution in [0.1, 0.15) is 0 Å². The molecule has 0 radical (unpaired) electrons. The Bertz CT molecular complexity index is 589. The van der Waals surface area contributed by atoms with E-state index >= 15 is 0 Å². The van der Waals surface area contributed by atoms with Crippen LogP contribution in [0.2, 0.25) is 5.02 Å². The zero-order chi connectivity index (χ0) is 12.0. The topological polar surface area (TPSA) is 66.6 Å². The van der Waals surface area contributed by atoms with Gasteiger partial charge in [0, 0.05) is 18.1 Å². The first kappa shape index (κ1) is 10.4. The number of aliphatic carboxylic acids is 1. The zero-order valence-corrected chi connectivity index (χ0v) is 9.52. The molecule has 1 N–H and O–H groups in total. The first-order valence-electron chi connectivity index (χ1n) is 5.18. The van der Waals surface area contributed by atoms with Crippen molar-refractivity contribution in [1.82, 2.24) is 5.16 Å². The average Bonchev–Trinajstić information content (AvgIpc) is 2.59. The highest BCUT2D eigenvalue weighted by atomic mass is 35.5. The molecule has 0 atom stereocenters. The molecule has 1 aliphatic heterocycles. The van der Waals surface area contributed by atoms with Crippen molar-refractivity contribution in [3.8, 4) is 0 Å². The van der Waals surface area contributed by atoms with Crippen LogP contribution in [0.3, 0.4) is 0 Å². The van der Waals surface area contributed by atoms with E-state index in [-0.39, 0.29) is 5.92 Å². The molecule has 1 aliphatic rings. The molecule has 2 heterocycles. The predicted molar refractivity (Wildman–Crippen MR) is 62.4 cm³/mol. The Morgan fingerprint density at radius 2 is 2.29 bits per heavy atom. The third-order valence-corrected chi connectivity index (χ3v) is 3.18. The summed E-state index contributed by atoms with van der Waals surface area (Å²) >= 11 is 5.91. The monoisotopic (exact) mass is 252 g/mol. The van der Waals surface area contributed by atoms with E-state index in [1.54, 1.807) is 18.2 Å². The number of aromatic nitrogens is 1. The van der Waals surface area contributed by atoms with Crippen molar-refractivity contribution in [3.05, 3.63) is 23.2 Å². The van der Waals surface area contributed by atoms with Gasteiger partial charge in [-0.15, -0.1) is 0 Å². The van der Waals surface area contributed by atoms with Crippen LogP contribution in [0.4, 0.5) is 5.82 Å². The number of anilines is 1. The van der Waals surface area contributed by atoms with E-state index in [9.17, 15) is 4.79 Å². The smallest absolute Gasteiger partial charge is 0.310 e. The fourth-order valence-electron chi connectivity index (χ4n) is 1.93. The van der Waals surface area contributed by atoms with Crippen LogP contribution in [0.15, 0.2) is 22.7 Å². The molecule has 1 fully saturated rings. The van der Waals surface area contributed by atoms with Gasteiger partial charge in [-0.2, -0.15) is 0 Å².